The third kappa shape index (κ3) is 4.08. The first-order valence-electron chi connectivity index (χ1n) is 6.58. The van der Waals surface area contributed by atoms with E-state index >= 15 is 0 Å². The van der Waals surface area contributed by atoms with Gasteiger partial charge in [-0.05, 0) is 12.5 Å². The molecule has 2 aromatic heterocycles. The number of ether oxygens (including phenoxy) is 1. The van der Waals surface area contributed by atoms with Gasteiger partial charge >= 0.3 is 6.18 Å². The number of amides is 1. The van der Waals surface area contributed by atoms with Crippen molar-refractivity contribution in [3.8, 4) is 0 Å². The molecule has 1 amide bonds. The fourth-order valence-corrected chi connectivity index (χ4v) is 2.99. The normalized spacial score (nSPS) is 11.9. The van der Waals surface area contributed by atoms with E-state index in [0.29, 0.717) is 20.7 Å². The van der Waals surface area contributed by atoms with E-state index in [1.807, 2.05) is 0 Å². The highest BCUT2D eigenvalue weighted by molar-refractivity contribution is 7.20. The van der Waals surface area contributed by atoms with E-state index in [-0.39, 0.29) is 18.7 Å². The van der Waals surface area contributed by atoms with Crippen LogP contribution in [0.3, 0.4) is 0 Å². The number of alkyl halides is 3. The molecule has 2 aromatic rings. The molecule has 0 bridgehead atoms. The quantitative estimate of drug-likeness (QED) is 0.833. The number of rotatable bonds is 5. The molecule has 0 aliphatic heterocycles. The van der Waals surface area contributed by atoms with Crippen LogP contribution >= 0.6 is 11.3 Å². The fraction of sp³-hybridized carbons (Fsp3) is 0.462. The van der Waals surface area contributed by atoms with Crippen LogP contribution < -0.4 is 10.9 Å². The van der Waals surface area contributed by atoms with Crippen LogP contribution in [0.4, 0.5) is 13.2 Å². The van der Waals surface area contributed by atoms with E-state index < -0.39 is 18.7 Å². The first-order valence-corrected chi connectivity index (χ1v) is 7.40. The summed E-state index contributed by atoms with van der Waals surface area (Å²) in [6, 6.07) is 0. The molecule has 0 spiro atoms. The Labute approximate surface area is 132 Å². The van der Waals surface area contributed by atoms with Crippen molar-refractivity contribution >= 4 is 27.5 Å². The zero-order chi connectivity index (χ0) is 17.2. The van der Waals surface area contributed by atoms with Crippen LogP contribution in [0.5, 0.6) is 0 Å². The highest BCUT2D eigenvalue weighted by atomic mass is 32.1. The third-order valence-corrected chi connectivity index (χ3v) is 4.21. The van der Waals surface area contributed by atoms with Crippen LogP contribution in [-0.2, 0) is 11.8 Å². The molecule has 0 aromatic carbocycles. The molecular weight excluding hydrogens is 335 g/mol. The first-order chi connectivity index (χ1) is 10.7. The molecule has 10 heteroatoms. The Morgan fingerprint density at radius 3 is 2.83 bits per heavy atom. The lowest BCUT2D eigenvalue weighted by molar-refractivity contribution is -0.173. The predicted molar refractivity (Wildman–Crippen MR) is 78.8 cm³/mol. The van der Waals surface area contributed by atoms with E-state index in [4.69, 9.17) is 0 Å². The predicted octanol–water partition coefficient (Wildman–Crippen LogP) is 1.61. The molecule has 126 valence electrons. The van der Waals surface area contributed by atoms with Gasteiger partial charge in [-0.15, -0.1) is 11.3 Å². The monoisotopic (exact) mass is 349 g/mol. The van der Waals surface area contributed by atoms with Crippen LogP contribution in [0.2, 0.25) is 0 Å². The second kappa shape index (κ2) is 6.67. The van der Waals surface area contributed by atoms with Crippen molar-refractivity contribution in [2.45, 2.75) is 13.1 Å². The Kier molecular flexibility index (Phi) is 5.05. The first kappa shape index (κ1) is 17.4. The van der Waals surface area contributed by atoms with Crippen LogP contribution in [0, 0.1) is 6.92 Å². The minimum Gasteiger partial charge on any atom is -0.370 e. The van der Waals surface area contributed by atoms with E-state index in [1.54, 1.807) is 14.0 Å². The van der Waals surface area contributed by atoms with Gasteiger partial charge in [0.2, 0.25) is 0 Å². The molecule has 0 aliphatic rings. The second-order valence-corrected chi connectivity index (χ2v) is 5.82. The van der Waals surface area contributed by atoms with Gasteiger partial charge in [0.1, 0.15) is 11.4 Å². The lowest BCUT2D eigenvalue weighted by Crippen LogP contribution is -2.28. The Hall–Kier alpha value is -1.94. The molecule has 6 nitrogen and oxygen atoms in total. The van der Waals surface area contributed by atoms with Gasteiger partial charge in [-0.25, -0.2) is 4.98 Å². The average Bonchev–Trinajstić information content (AvgIpc) is 2.79. The highest BCUT2D eigenvalue weighted by Gasteiger charge is 2.27. The number of nitrogens with one attached hydrogen (secondary N) is 1. The van der Waals surface area contributed by atoms with Crippen molar-refractivity contribution in [2.75, 3.05) is 19.8 Å². The summed E-state index contributed by atoms with van der Waals surface area (Å²) in [7, 11) is 1.56. The number of nitrogens with zero attached hydrogens (tertiary/aromatic N) is 2. The smallest absolute Gasteiger partial charge is 0.370 e. The molecule has 0 aliphatic carbocycles. The molecule has 1 N–H and O–H groups in total. The summed E-state index contributed by atoms with van der Waals surface area (Å²) in [6.45, 7) is -0.0367. The number of hydrogen-bond donors (Lipinski definition) is 1. The Balaban J connectivity index is 2.03. The minimum atomic E-state index is -4.39. The summed E-state index contributed by atoms with van der Waals surface area (Å²) < 4.78 is 41.4. The topological polar surface area (TPSA) is 73.2 Å². The zero-order valence-corrected chi connectivity index (χ0v) is 13.2. The molecular formula is C13H14F3N3O3S. The molecule has 0 unspecified atom stereocenters. The van der Waals surface area contributed by atoms with Crippen LogP contribution in [0.15, 0.2) is 11.1 Å². The number of aryl methyl sites for hydroxylation is 2. The largest absolute Gasteiger partial charge is 0.411 e. The van der Waals surface area contributed by atoms with E-state index in [9.17, 15) is 22.8 Å². The van der Waals surface area contributed by atoms with Gasteiger partial charge in [-0.3, -0.25) is 9.59 Å². The van der Waals surface area contributed by atoms with Gasteiger partial charge in [0.25, 0.3) is 11.5 Å². The van der Waals surface area contributed by atoms with Crippen molar-refractivity contribution in [3.05, 3.63) is 27.1 Å². The second-order valence-electron chi connectivity index (χ2n) is 4.82. The number of fused-ring (bicyclic) bond motifs is 1. The Morgan fingerprint density at radius 2 is 2.17 bits per heavy atom. The zero-order valence-electron chi connectivity index (χ0n) is 12.4. The summed E-state index contributed by atoms with van der Waals surface area (Å²) in [4.78, 5) is 29.0. The lowest BCUT2D eigenvalue weighted by atomic mass is 10.2. The SMILES string of the molecule is Cc1c(C(=O)NCCOCC(F)(F)F)sc2ncn(C)c(=O)c12. The molecule has 0 atom stereocenters. The van der Waals surface area contributed by atoms with Gasteiger partial charge < -0.3 is 14.6 Å². The standard InChI is InChI=1S/C13H14F3N3O3S/c1-7-8-11(18-6-19(2)12(8)21)23-9(7)10(20)17-3-4-22-5-13(14,15)16/h6H,3-5H2,1-2H3,(H,17,20). The van der Waals surface area contributed by atoms with Crippen molar-refractivity contribution in [2.24, 2.45) is 7.05 Å². The number of carbonyl (C=O) groups excluding carboxylic acids is 1. The van der Waals surface area contributed by atoms with Gasteiger partial charge in [0, 0.05) is 13.6 Å². The number of thiophene rings is 1. The van der Waals surface area contributed by atoms with Crippen LogP contribution in [0.25, 0.3) is 10.2 Å². The number of carbonyl (C=O) groups is 1. The number of hydrogen-bond acceptors (Lipinski definition) is 5. The maximum Gasteiger partial charge on any atom is 0.411 e. The number of halogens is 3. The lowest BCUT2D eigenvalue weighted by Gasteiger charge is -2.08. The van der Waals surface area contributed by atoms with E-state index in [1.165, 1.54) is 10.9 Å². The summed E-state index contributed by atoms with van der Waals surface area (Å²) >= 11 is 1.07. The summed E-state index contributed by atoms with van der Waals surface area (Å²) in [5.74, 6) is -0.469. The highest BCUT2D eigenvalue weighted by Crippen LogP contribution is 2.26. The van der Waals surface area contributed by atoms with Crippen LogP contribution in [0.1, 0.15) is 15.2 Å². The van der Waals surface area contributed by atoms with Gasteiger partial charge in [-0.1, -0.05) is 0 Å². The van der Waals surface area contributed by atoms with Gasteiger partial charge in [0.05, 0.1) is 23.2 Å². The molecule has 23 heavy (non-hydrogen) atoms. The van der Waals surface area contributed by atoms with Crippen molar-refractivity contribution < 1.29 is 22.7 Å². The molecule has 0 radical (unpaired) electrons. The fourth-order valence-electron chi connectivity index (χ4n) is 1.93. The molecule has 2 heterocycles. The summed E-state index contributed by atoms with van der Waals surface area (Å²) in [5, 5.41) is 2.84. The van der Waals surface area contributed by atoms with Gasteiger partial charge in [-0.2, -0.15) is 13.2 Å². The van der Waals surface area contributed by atoms with Crippen molar-refractivity contribution in [3.63, 3.8) is 0 Å². The Morgan fingerprint density at radius 1 is 1.48 bits per heavy atom. The van der Waals surface area contributed by atoms with E-state index in [0.717, 1.165) is 11.3 Å². The maximum absolute atomic E-state index is 12.1. The Bertz CT molecular complexity index is 782. The minimum absolute atomic E-state index is 0.0615. The maximum atomic E-state index is 12.1. The summed E-state index contributed by atoms with van der Waals surface area (Å²) in [5.41, 5.74) is 0.253. The number of aromatic nitrogens is 2. The van der Waals surface area contributed by atoms with Crippen molar-refractivity contribution in [1.82, 2.24) is 14.9 Å². The molecule has 0 fully saturated rings. The van der Waals surface area contributed by atoms with Gasteiger partial charge in [0.15, 0.2) is 0 Å². The van der Waals surface area contributed by atoms with Crippen LogP contribution in [-0.4, -0.2) is 41.4 Å². The van der Waals surface area contributed by atoms with Crippen molar-refractivity contribution in [1.29, 1.82) is 0 Å². The third-order valence-electron chi connectivity index (χ3n) is 3.01. The molecule has 0 saturated heterocycles. The van der Waals surface area contributed by atoms with E-state index in [2.05, 4.69) is 15.0 Å². The average molecular weight is 349 g/mol. The molecule has 2 rings (SSSR count). The summed E-state index contributed by atoms with van der Waals surface area (Å²) in [6.07, 6.45) is -3.02. The molecule has 0 saturated carbocycles.